The molecule has 1 nitrogen and oxygen atoms in total. The van der Waals surface area contributed by atoms with Gasteiger partial charge in [0.2, 0.25) is 0 Å². The summed E-state index contributed by atoms with van der Waals surface area (Å²) in [4.78, 5) is 1.66. The van der Waals surface area contributed by atoms with Crippen LogP contribution in [0, 0.1) is 0 Å². The van der Waals surface area contributed by atoms with Gasteiger partial charge >= 0.3 is 45.0 Å². The standard InChI is InChI=1S/C4H6N.Fe/c1-3-4(2)5;/h1H,3H2,2H3;/q-1;+1. The Balaban J connectivity index is 3.05. The summed E-state index contributed by atoms with van der Waals surface area (Å²) in [5.74, 6) is 0. The minimum atomic E-state index is 0.421. The maximum atomic E-state index is 8.40. The predicted octanol–water partition coefficient (Wildman–Crippen LogP) is 0.756. The van der Waals surface area contributed by atoms with Gasteiger partial charge in [0.15, 0.2) is 0 Å². The van der Waals surface area contributed by atoms with Crippen LogP contribution in [0.5, 0.6) is 0 Å². The molecule has 6 heavy (non-hydrogen) atoms. The van der Waals surface area contributed by atoms with E-state index in [1.165, 1.54) is 0 Å². The molecule has 0 bridgehead atoms. The molecule has 0 aliphatic heterocycles. The van der Waals surface area contributed by atoms with Crippen molar-refractivity contribution in [2.75, 3.05) is 0 Å². The second kappa shape index (κ2) is 3.26. The van der Waals surface area contributed by atoms with Crippen molar-refractivity contribution >= 4 is 10.6 Å². The number of hydrogen-bond acceptors (Lipinski definition) is 0. The fourth-order valence-electron chi connectivity index (χ4n) is 0.104. The van der Waals surface area contributed by atoms with Crippen molar-refractivity contribution in [2.24, 2.45) is 0 Å². The zero-order valence-electron chi connectivity index (χ0n) is 3.59. The SMILES string of the molecule is CC(=[N-])C[CH]=[Fe+]. The summed E-state index contributed by atoms with van der Waals surface area (Å²) in [5, 5.41) is 8.40. The van der Waals surface area contributed by atoms with Crippen molar-refractivity contribution in [2.45, 2.75) is 13.3 Å². The van der Waals surface area contributed by atoms with Crippen LogP contribution in [-0.4, -0.2) is 10.6 Å². The summed E-state index contributed by atoms with van der Waals surface area (Å²) in [6, 6.07) is 0. The molecule has 0 fully saturated rings. The van der Waals surface area contributed by atoms with E-state index in [9.17, 15) is 0 Å². The summed E-state index contributed by atoms with van der Waals surface area (Å²) >= 11 is 3.42. The molecule has 0 rings (SSSR count). The van der Waals surface area contributed by atoms with Crippen molar-refractivity contribution in [1.29, 1.82) is 0 Å². The van der Waals surface area contributed by atoms with Gasteiger partial charge in [0, 0.05) is 0 Å². The van der Waals surface area contributed by atoms with Gasteiger partial charge in [-0.3, -0.25) is 0 Å². The van der Waals surface area contributed by atoms with Crippen LogP contribution >= 0.6 is 0 Å². The van der Waals surface area contributed by atoms with Crippen molar-refractivity contribution in [1.82, 2.24) is 0 Å². The third-order valence-corrected chi connectivity index (χ3v) is 0.593. The first-order valence-electron chi connectivity index (χ1n) is 1.69. The van der Waals surface area contributed by atoms with Crippen molar-refractivity contribution in [3.8, 4) is 0 Å². The van der Waals surface area contributed by atoms with Gasteiger partial charge in [0.1, 0.15) is 0 Å². The first-order valence-corrected chi connectivity index (χ1v) is 2.33. The average molecular weight is 124 g/mol. The van der Waals surface area contributed by atoms with E-state index >= 15 is 0 Å². The van der Waals surface area contributed by atoms with Crippen molar-refractivity contribution in [3.05, 3.63) is 5.41 Å². The second-order valence-corrected chi connectivity index (χ2v) is 1.53. The molecule has 0 amide bonds. The van der Waals surface area contributed by atoms with Gasteiger partial charge in [-0.1, -0.05) is 0 Å². The molecular formula is C4H6FeN. The zero-order chi connectivity index (χ0) is 4.99. The fourth-order valence-corrected chi connectivity index (χ4v) is 0.431. The van der Waals surface area contributed by atoms with Crippen LogP contribution in [0.25, 0.3) is 5.41 Å². The zero-order valence-corrected chi connectivity index (χ0v) is 4.69. The summed E-state index contributed by atoms with van der Waals surface area (Å²) < 4.78 is 0. The summed E-state index contributed by atoms with van der Waals surface area (Å²) in [6.45, 7) is 1.65. The van der Waals surface area contributed by atoms with E-state index in [-0.39, 0.29) is 0 Å². The molecule has 0 aromatic carbocycles. The first-order chi connectivity index (χ1) is 2.77. The Hall–Kier alpha value is 0.0595. The first kappa shape index (κ1) is 6.06. The molecule has 0 N–H and O–H groups in total. The van der Waals surface area contributed by atoms with Crippen LogP contribution in [0.1, 0.15) is 13.3 Å². The van der Waals surface area contributed by atoms with Gasteiger partial charge in [-0.2, -0.15) is 0 Å². The molecule has 0 spiro atoms. The van der Waals surface area contributed by atoms with Crippen LogP contribution in [0.15, 0.2) is 0 Å². The van der Waals surface area contributed by atoms with E-state index in [0.29, 0.717) is 12.1 Å². The number of hydrogen-bond donors (Lipinski definition) is 0. The fraction of sp³-hybridized carbons (Fsp3) is 0.500. The molecule has 2 heteroatoms. The molecular weight excluding hydrogens is 118 g/mol. The van der Waals surface area contributed by atoms with Gasteiger partial charge < -0.3 is 0 Å². The van der Waals surface area contributed by atoms with E-state index in [1.54, 1.807) is 11.8 Å². The van der Waals surface area contributed by atoms with E-state index in [4.69, 9.17) is 5.41 Å². The van der Waals surface area contributed by atoms with Gasteiger partial charge in [0.05, 0.1) is 0 Å². The number of rotatable bonds is 2. The number of nitrogens with zero attached hydrogens (tertiary/aromatic N) is 1. The van der Waals surface area contributed by atoms with Gasteiger partial charge in [0.25, 0.3) is 0 Å². The van der Waals surface area contributed by atoms with Crippen molar-refractivity contribution < 1.29 is 15.6 Å². The Morgan fingerprint density at radius 3 is 2.50 bits per heavy atom. The van der Waals surface area contributed by atoms with Crippen LogP contribution in [0.4, 0.5) is 0 Å². The van der Waals surface area contributed by atoms with Crippen LogP contribution < -0.4 is 0 Å². The van der Waals surface area contributed by atoms with Crippen LogP contribution in [-0.2, 0) is 15.6 Å². The van der Waals surface area contributed by atoms with Gasteiger partial charge in [-0.15, -0.1) is 0 Å². The Bertz CT molecular complexity index is 67.9. The molecule has 0 saturated carbocycles. The second-order valence-electron chi connectivity index (χ2n) is 1.08. The monoisotopic (exact) mass is 124 g/mol. The summed E-state index contributed by atoms with van der Waals surface area (Å²) in [5.41, 5.74) is 0.421. The molecule has 0 heterocycles. The molecule has 0 radical (unpaired) electrons. The van der Waals surface area contributed by atoms with Crippen LogP contribution in [0.3, 0.4) is 0 Å². The quantitative estimate of drug-likeness (QED) is 0.383. The Morgan fingerprint density at radius 1 is 2.00 bits per heavy atom. The Kier molecular flexibility index (Phi) is 3.29. The van der Waals surface area contributed by atoms with Gasteiger partial charge in [-0.05, 0) is 0 Å². The maximum absolute atomic E-state index is 8.40. The van der Waals surface area contributed by atoms with E-state index < -0.39 is 0 Å². The molecule has 0 aliphatic carbocycles. The van der Waals surface area contributed by atoms with Gasteiger partial charge in [-0.25, -0.2) is 0 Å². The van der Waals surface area contributed by atoms with E-state index in [2.05, 4.69) is 15.6 Å². The van der Waals surface area contributed by atoms with Crippen molar-refractivity contribution in [3.63, 3.8) is 0 Å². The molecule has 0 saturated heterocycles. The third-order valence-electron chi connectivity index (χ3n) is 0.368. The Labute approximate surface area is 45.6 Å². The molecule has 0 aromatic rings. The molecule has 0 atom stereocenters. The van der Waals surface area contributed by atoms with E-state index in [1.807, 2.05) is 0 Å². The third kappa shape index (κ3) is 4.06. The molecule has 0 unspecified atom stereocenters. The van der Waals surface area contributed by atoms with E-state index in [0.717, 1.165) is 0 Å². The average Bonchev–Trinajstić information content (AvgIpc) is 1.35. The molecule has 35 valence electrons. The summed E-state index contributed by atoms with van der Waals surface area (Å²) in [7, 11) is 0. The minimum absolute atomic E-state index is 0.421. The summed E-state index contributed by atoms with van der Waals surface area (Å²) in [6.07, 6.45) is 0.611. The normalized spacial score (nSPS) is 7.50. The topological polar surface area (TPSA) is 22.3 Å². The predicted molar refractivity (Wildman–Crippen MR) is 24.7 cm³/mol. The Morgan fingerprint density at radius 2 is 2.50 bits per heavy atom. The molecule has 0 aliphatic rings. The van der Waals surface area contributed by atoms with Crippen LogP contribution in [0.2, 0.25) is 0 Å². The molecule has 0 aromatic heterocycles.